The van der Waals surface area contributed by atoms with Crippen LogP contribution in [-0.2, 0) is 0 Å². The lowest BCUT2D eigenvalue weighted by atomic mass is 10.1. The average molecular weight is 488 g/mol. The van der Waals surface area contributed by atoms with Gasteiger partial charge < -0.3 is 4.74 Å². The highest BCUT2D eigenvalue weighted by Gasteiger charge is 2.11. The SMILES string of the molecule is CCOc1ccc2nc(Cl)c(/C=N/Nc3nc(-c4ccccc4)c4cc(Cl)ccc4n3)cc2c1. The first kappa shape index (κ1) is 22.1. The summed E-state index contributed by atoms with van der Waals surface area (Å²) in [6.07, 6.45) is 1.60. The Morgan fingerprint density at radius 1 is 0.912 bits per heavy atom. The lowest BCUT2D eigenvalue weighted by molar-refractivity contribution is 0.340. The molecule has 0 saturated carbocycles. The molecule has 0 saturated heterocycles. The van der Waals surface area contributed by atoms with Crippen LogP contribution in [0.5, 0.6) is 5.75 Å². The molecule has 1 N–H and O–H groups in total. The number of hydrogen-bond acceptors (Lipinski definition) is 6. The van der Waals surface area contributed by atoms with E-state index in [1.807, 2.05) is 73.7 Å². The van der Waals surface area contributed by atoms with Gasteiger partial charge in [-0.25, -0.2) is 20.4 Å². The van der Waals surface area contributed by atoms with E-state index in [1.165, 1.54) is 0 Å². The second-order valence-corrected chi connectivity index (χ2v) is 8.24. The first-order valence-corrected chi connectivity index (χ1v) is 11.4. The molecule has 0 atom stereocenters. The molecule has 8 heteroatoms. The molecule has 0 aliphatic heterocycles. The standard InChI is InChI=1S/C26H19Cl2N5O/c1-2-34-20-9-11-22-17(13-20)12-18(25(28)30-22)15-29-33-26-31-23-10-8-19(27)14-21(23)24(32-26)16-6-4-3-5-7-16/h3-15H,2H2,1H3,(H,31,32,33)/b29-15+. The fourth-order valence-electron chi connectivity index (χ4n) is 3.62. The van der Waals surface area contributed by atoms with Gasteiger partial charge in [0.05, 0.1) is 29.5 Å². The molecule has 2 aromatic heterocycles. The molecule has 0 fully saturated rings. The number of anilines is 1. The normalized spacial score (nSPS) is 11.4. The lowest BCUT2D eigenvalue weighted by Crippen LogP contribution is -2.00. The van der Waals surface area contributed by atoms with Gasteiger partial charge in [0, 0.05) is 26.9 Å². The van der Waals surface area contributed by atoms with Crippen molar-refractivity contribution in [3.05, 3.63) is 88.5 Å². The summed E-state index contributed by atoms with van der Waals surface area (Å²) in [5.74, 6) is 1.13. The van der Waals surface area contributed by atoms with Gasteiger partial charge in [-0.1, -0.05) is 53.5 Å². The number of pyridine rings is 1. The van der Waals surface area contributed by atoms with Crippen molar-refractivity contribution >= 4 is 57.2 Å². The van der Waals surface area contributed by atoms with Gasteiger partial charge in [-0.3, -0.25) is 0 Å². The number of nitrogens with zero attached hydrogens (tertiary/aromatic N) is 4. The third-order valence-corrected chi connectivity index (χ3v) is 5.69. The van der Waals surface area contributed by atoms with Crippen LogP contribution < -0.4 is 10.2 Å². The molecule has 0 aliphatic carbocycles. The molecular formula is C26H19Cl2N5O. The van der Waals surface area contributed by atoms with Crippen LogP contribution in [0.2, 0.25) is 10.2 Å². The first-order chi connectivity index (χ1) is 16.6. The number of hydrogen-bond donors (Lipinski definition) is 1. The summed E-state index contributed by atoms with van der Waals surface area (Å²) in [4.78, 5) is 13.7. The largest absolute Gasteiger partial charge is 0.494 e. The Hall–Kier alpha value is -3.74. The minimum Gasteiger partial charge on any atom is -0.494 e. The van der Waals surface area contributed by atoms with Gasteiger partial charge in [0.2, 0.25) is 5.95 Å². The Balaban J connectivity index is 1.48. The average Bonchev–Trinajstić information content (AvgIpc) is 2.85. The molecule has 0 bridgehead atoms. The third-order valence-electron chi connectivity index (χ3n) is 5.15. The van der Waals surface area contributed by atoms with Crippen molar-refractivity contribution in [2.24, 2.45) is 5.10 Å². The van der Waals surface area contributed by atoms with E-state index in [4.69, 9.17) is 27.9 Å². The van der Waals surface area contributed by atoms with Crippen LogP contribution in [0.15, 0.2) is 77.9 Å². The quantitative estimate of drug-likeness (QED) is 0.158. The summed E-state index contributed by atoms with van der Waals surface area (Å²) in [7, 11) is 0. The van der Waals surface area contributed by atoms with E-state index in [0.717, 1.165) is 38.8 Å². The number of benzene rings is 3. The van der Waals surface area contributed by atoms with Crippen molar-refractivity contribution in [3.63, 3.8) is 0 Å². The van der Waals surface area contributed by atoms with Gasteiger partial charge in [-0.2, -0.15) is 5.10 Å². The van der Waals surface area contributed by atoms with Gasteiger partial charge in [0.1, 0.15) is 10.9 Å². The van der Waals surface area contributed by atoms with Crippen LogP contribution in [-0.4, -0.2) is 27.8 Å². The van der Waals surface area contributed by atoms with Gasteiger partial charge >= 0.3 is 0 Å². The van der Waals surface area contributed by atoms with Crippen molar-refractivity contribution < 1.29 is 4.74 Å². The van der Waals surface area contributed by atoms with Crippen LogP contribution >= 0.6 is 23.2 Å². The summed E-state index contributed by atoms with van der Waals surface area (Å²) in [6.45, 7) is 2.54. The summed E-state index contributed by atoms with van der Waals surface area (Å²) in [6, 6.07) is 23.0. The van der Waals surface area contributed by atoms with E-state index in [1.54, 1.807) is 12.3 Å². The highest BCUT2D eigenvalue weighted by Crippen LogP contribution is 2.29. The van der Waals surface area contributed by atoms with Gasteiger partial charge in [-0.05, 0) is 49.4 Å². The van der Waals surface area contributed by atoms with Crippen molar-refractivity contribution in [1.82, 2.24) is 15.0 Å². The summed E-state index contributed by atoms with van der Waals surface area (Å²) in [5, 5.41) is 7.05. The van der Waals surface area contributed by atoms with E-state index in [-0.39, 0.29) is 0 Å². The second kappa shape index (κ2) is 9.63. The molecule has 0 aliphatic rings. The maximum Gasteiger partial charge on any atom is 0.244 e. The van der Waals surface area contributed by atoms with Crippen molar-refractivity contribution in [1.29, 1.82) is 0 Å². The monoisotopic (exact) mass is 487 g/mol. The molecule has 0 amide bonds. The van der Waals surface area contributed by atoms with Crippen LogP contribution in [0.25, 0.3) is 33.1 Å². The molecule has 34 heavy (non-hydrogen) atoms. The molecule has 168 valence electrons. The van der Waals surface area contributed by atoms with E-state index < -0.39 is 0 Å². The maximum atomic E-state index is 6.38. The van der Waals surface area contributed by atoms with E-state index >= 15 is 0 Å². The first-order valence-electron chi connectivity index (χ1n) is 10.7. The molecule has 6 nitrogen and oxygen atoms in total. The Morgan fingerprint density at radius 3 is 2.56 bits per heavy atom. The highest BCUT2D eigenvalue weighted by atomic mass is 35.5. The number of fused-ring (bicyclic) bond motifs is 2. The number of rotatable bonds is 6. The van der Waals surface area contributed by atoms with E-state index in [9.17, 15) is 0 Å². The molecule has 5 rings (SSSR count). The smallest absolute Gasteiger partial charge is 0.244 e. The highest BCUT2D eigenvalue weighted by molar-refractivity contribution is 6.32. The van der Waals surface area contributed by atoms with Crippen molar-refractivity contribution in [2.75, 3.05) is 12.0 Å². The molecule has 0 spiro atoms. The Kier molecular flexibility index (Phi) is 6.25. The number of nitrogens with one attached hydrogen (secondary N) is 1. The zero-order valence-electron chi connectivity index (χ0n) is 18.2. The fourth-order valence-corrected chi connectivity index (χ4v) is 3.99. The van der Waals surface area contributed by atoms with Crippen LogP contribution in [0, 0.1) is 0 Å². The lowest BCUT2D eigenvalue weighted by Gasteiger charge is -2.09. The Labute approximate surface area is 206 Å². The predicted molar refractivity (Wildman–Crippen MR) is 139 cm³/mol. The zero-order valence-corrected chi connectivity index (χ0v) is 19.7. The molecule has 5 aromatic rings. The van der Waals surface area contributed by atoms with Crippen LogP contribution in [0.4, 0.5) is 5.95 Å². The van der Waals surface area contributed by atoms with E-state index in [2.05, 4.69) is 25.5 Å². The molecule has 0 unspecified atom stereocenters. The minimum absolute atomic E-state index is 0.348. The number of halogens is 2. The zero-order chi connectivity index (χ0) is 23.5. The molecule has 0 radical (unpaired) electrons. The topological polar surface area (TPSA) is 72.3 Å². The predicted octanol–water partition coefficient (Wildman–Crippen LogP) is 7.00. The van der Waals surface area contributed by atoms with Gasteiger partial charge in [-0.15, -0.1) is 0 Å². The Bertz CT molecular complexity index is 1520. The fraction of sp³-hybridized carbons (Fsp3) is 0.0769. The Morgan fingerprint density at radius 2 is 1.74 bits per heavy atom. The molecule has 2 heterocycles. The third kappa shape index (κ3) is 4.64. The second-order valence-electron chi connectivity index (χ2n) is 7.45. The molecular weight excluding hydrogens is 469 g/mol. The van der Waals surface area contributed by atoms with Crippen molar-refractivity contribution in [2.45, 2.75) is 6.92 Å². The van der Waals surface area contributed by atoms with Gasteiger partial charge in [0.25, 0.3) is 0 Å². The summed E-state index contributed by atoms with van der Waals surface area (Å²) < 4.78 is 5.58. The minimum atomic E-state index is 0.348. The van der Waals surface area contributed by atoms with Gasteiger partial charge in [0.15, 0.2) is 0 Å². The number of hydrazone groups is 1. The number of ether oxygens (including phenoxy) is 1. The van der Waals surface area contributed by atoms with Crippen LogP contribution in [0.3, 0.4) is 0 Å². The summed E-state index contributed by atoms with van der Waals surface area (Å²) >= 11 is 12.6. The summed E-state index contributed by atoms with van der Waals surface area (Å²) in [5.41, 5.74) is 6.83. The van der Waals surface area contributed by atoms with Crippen LogP contribution in [0.1, 0.15) is 12.5 Å². The van der Waals surface area contributed by atoms with E-state index in [0.29, 0.717) is 28.3 Å². The maximum absolute atomic E-state index is 6.38. The van der Waals surface area contributed by atoms with Crippen molar-refractivity contribution in [3.8, 4) is 17.0 Å². The number of aromatic nitrogens is 3. The molecule has 3 aromatic carbocycles.